The average Bonchev–Trinajstić information content (AvgIpc) is 2.36. The lowest BCUT2D eigenvalue weighted by Crippen LogP contribution is -2.40. The van der Waals surface area contributed by atoms with Gasteiger partial charge in [-0.2, -0.15) is 0 Å². The summed E-state index contributed by atoms with van der Waals surface area (Å²) in [6.07, 6.45) is 3.99. The van der Waals surface area contributed by atoms with Crippen molar-refractivity contribution in [2.24, 2.45) is 23.0 Å². The summed E-state index contributed by atoms with van der Waals surface area (Å²) in [5.74, 6) is 0.731. The lowest BCUT2D eigenvalue weighted by molar-refractivity contribution is 0.126. The molecule has 3 unspecified atom stereocenters. The van der Waals surface area contributed by atoms with Crippen molar-refractivity contribution in [2.45, 2.75) is 52.5 Å². The standard InChI is InChI=1S/C17H25ClFN/c1-17(2,3)13-7-8-15(20)12(10-13)9-11-5-4-6-14(18)16(11)19/h4-6,12-13,15H,7-10,20H2,1-3H3. The van der Waals surface area contributed by atoms with Crippen LogP contribution in [0.2, 0.25) is 5.02 Å². The van der Waals surface area contributed by atoms with E-state index in [1.807, 2.05) is 12.1 Å². The zero-order chi connectivity index (χ0) is 14.9. The summed E-state index contributed by atoms with van der Waals surface area (Å²) in [5.41, 5.74) is 7.26. The summed E-state index contributed by atoms with van der Waals surface area (Å²) in [6, 6.07) is 5.41. The van der Waals surface area contributed by atoms with Crippen LogP contribution in [0.15, 0.2) is 18.2 Å². The molecular weight excluding hydrogens is 273 g/mol. The van der Waals surface area contributed by atoms with E-state index < -0.39 is 0 Å². The fraction of sp³-hybridized carbons (Fsp3) is 0.647. The summed E-state index contributed by atoms with van der Waals surface area (Å²) >= 11 is 5.86. The van der Waals surface area contributed by atoms with Crippen molar-refractivity contribution < 1.29 is 4.39 Å². The second-order valence-electron chi connectivity index (χ2n) is 7.22. The van der Waals surface area contributed by atoms with E-state index in [1.54, 1.807) is 6.07 Å². The summed E-state index contributed by atoms with van der Waals surface area (Å²) in [4.78, 5) is 0. The van der Waals surface area contributed by atoms with Crippen molar-refractivity contribution in [3.63, 3.8) is 0 Å². The molecular formula is C17H25ClFN. The van der Waals surface area contributed by atoms with Crippen molar-refractivity contribution in [3.05, 3.63) is 34.6 Å². The van der Waals surface area contributed by atoms with Crippen LogP contribution in [0.5, 0.6) is 0 Å². The van der Waals surface area contributed by atoms with Crippen molar-refractivity contribution in [3.8, 4) is 0 Å². The predicted molar refractivity (Wildman–Crippen MR) is 83.4 cm³/mol. The predicted octanol–water partition coefficient (Wildman–Crippen LogP) is 4.81. The zero-order valence-corrected chi connectivity index (χ0v) is 13.4. The van der Waals surface area contributed by atoms with Gasteiger partial charge in [0.05, 0.1) is 5.02 Å². The normalized spacial score (nSPS) is 27.6. The Morgan fingerprint density at radius 2 is 2.00 bits per heavy atom. The molecule has 0 saturated heterocycles. The molecule has 1 aliphatic carbocycles. The maximum atomic E-state index is 14.0. The van der Waals surface area contributed by atoms with Crippen molar-refractivity contribution in [2.75, 3.05) is 0 Å². The quantitative estimate of drug-likeness (QED) is 0.833. The van der Waals surface area contributed by atoms with Crippen molar-refractivity contribution in [1.82, 2.24) is 0 Å². The summed E-state index contributed by atoms with van der Waals surface area (Å²) < 4.78 is 14.0. The van der Waals surface area contributed by atoms with Gasteiger partial charge in [0.15, 0.2) is 0 Å². The number of benzene rings is 1. The van der Waals surface area contributed by atoms with E-state index in [0.717, 1.165) is 12.8 Å². The Kier molecular flexibility index (Phi) is 4.76. The van der Waals surface area contributed by atoms with Crippen molar-refractivity contribution >= 4 is 11.6 Å². The molecule has 3 atom stereocenters. The van der Waals surface area contributed by atoms with Gasteiger partial charge in [-0.05, 0) is 54.6 Å². The molecule has 1 saturated carbocycles. The molecule has 0 spiro atoms. The SMILES string of the molecule is CC(C)(C)C1CCC(N)C(Cc2cccc(Cl)c2F)C1. The van der Waals surface area contributed by atoms with Crippen LogP contribution in [0, 0.1) is 23.1 Å². The Hall–Kier alpha value is -0.600. The second kappa shape index (κ2) is 6.03. The molecule has 1 aliphatic rings. The zero-order valence-electron chi connectivity index (χ0n) is 12.6. The Balaban J connectivity index is 2.12. The number of halogens is 2. The molecule has 1 aromatic rings. The molecule has 0 aromatic heterocycles. The van der Waals surface area contributed by atoms with E-state index in [2.05, 4.69) is 20.8 Å². The third-order valence-corrected chi connectivity index (χ3v) is 5.07. The van der Waals surface area contributed by atoms with Gasteiger partial charge in [-0.15, -0.1) is 0 Å². The third kappa shape index (κ3) is 3.53. The Labute approximate surface area is 126 Å². The van der Waals surface area contributed by atoms with Gasteiger partial charge >= 0.3 is 0 Å². The molecule has 0 heterocycles. The largest absolute Gasteiger partial charge is 0.327 e. The highest BCUT2D eigenvalue weighted by atomic mass is 35.5. The van der Waals surface area contributed by atoms with E-state index in [0.29, 0.717) is 29.2 Å². The van der Waals surface area contributed by atoms with Crippen LogP contribution in [0.3, 0.4) is 0 Å². The number of hydrogen-bond donors (Lipinski definition) is 1. The molecule has 20 heavy (non-hydrogen) atoms. The van der Waals surface area contributed by atoms with Crippen LogP contribution >= 0.6 is 11.6 Å². The van der Waals surface area contributed by atoms with Crippen LogP contribution < -0.4 is 5.73 Å². The van der Waals surface area contributed by atoms with E-state index in [9.17, 15) is 4.39 Å². The minimum Gasteiger partial charge on any atom is -0.327 e. The number of hydrogen-bond acceptors (Lipinski definition) is 1. The monoisotopic (exact) mass is 297 g/mol. The fourth-order valence-corrected chi connectivity index (χ4v) is 3.49. The Morgan fingerprint density at radius 1 is 1.30 bits per heavy atom. The van der Waals surface area contributed by atoms with Crippen LogP contribution in [-0.2, 0) is 6.42 Å². The molecule has 1 fully saturated rings. The molecule has 1 nitrogen and oxygen atoms in total. The molecule has 0 bridgehead atoms. The second-order valence-corrected chi connectivity index (χ2v) is 7.62. The van der Waals surface area contributed by atoms with Gasteiger partial charge in [-0.25, -0.2) is 4.39 Å². The summed E-state index contributed by atoms with van der Waals surface area (Å²) in [7, 11) is 0. The molecule has 0 aliphatic heterocycles. The molecule has 1 aromatic carbocycles. The van der Waals surface area contributed by atoms with Gasteiger partial charge < -0.3 is 5.73 Å². The fourth-order valence-electron chi connectivity index (χ4n) is 3.30. The van der Waals surface area contributed by atoms with Gasteiger partial charge in [0, 0.05) is 6.04 Å². The highest BCUT2D eigenvalue weighted by Crippen LogP contribution is 2.41. The average molecular weight is 298 g/mol. The van der Waals surface area contributed by atoms with Crippen LogP contribution in [0.25, 0.3) is 0 Å². The maximum absolute atomic E-state index is 14.0. The molecule has 112 valence electrons. The highest BCUT2D eigenvalue weighted by Gasteiger charge is 2.34. The van der Waals surface area contributed by atoms with E-state index >= 15 is 0 Å². The third-order valence-electron chi connectivity index (χ3n) is 4.78. The van der Waals surface area contributed by atoms with E-state index in [4.69, 9.17) is 17.3 Å². The van der Waals surface area contributed by atoms with Crippen LogP contribution in [0.4, 0.5) is 4.39 Å². The first-order chi connectivity index (χ1) is 9.29. The first-order valence-electron chi connectivity index (χ1n) is 7.47. The van der Waals surface area contributed by atoms with Gasteiger partial charge in [0.1, 0.15) is 5.82 Å². The Morgan fingerprint density at radius 3 is 2.65 bits per heavy atom. The molecule has 2 rings (SSSR count). The number of nitrogens with two attached hydrogens (primary N) is 1. The topological polar surface area (TPSA) is 26.0 Å². The summed E-state index contributed by atoms with van der Waals surface area (Å²) in [5, 5.41) is 0.208. The highest BCUT2D eigenvalue weighted by molar-refractivity contribution is 6.30. The lowest BCUT2D eigenvalue weighted by Gasteiger charge is -2.40. The first kappa shape index (κ1) is 15.8. The smallest absolute Gasteiger partial charge is 0.144 e. The van der Waals surface area contributed by atoms with Gasteiger partial charge in [-0.3, -0.25) is 0 Å². The molecule has 3 heteroatoms. The summed E-state index contributed by atoms with van der Waals surface area (Å²) in [6.45, 7) is 6.85. The van der Waals surface area contributed by atoms with Crippen LogP contribution in [0.1, 0.15) is 45.6 Å². The minimum absolute atomic E-state index is 0.173. The maximum Gasteiger partial charge on any atom is 0.144 e. The lowest BCUT2D eigenvalue weighted by atomic mass is 9.66. The minimum atomic E-state index is -0.278. The Bertz CT molecular complexity index is 467. The van der Waals surface area contributed by atoms with Gasteiger partial charge in [0.2, 0.25) is 0 Å². The molecule has 0 radical (unpaired) electrons. The van der Waals surface area contributed by atoms with E-state index in [-0.39, 0.29) is 16.9 Å². The molecule has 2 N–H and O–H groups in total. The van der Waals surface area contributed by atoms with Crippen LogP contribution in [-0.4, -0.2) is 6.04 Å². The first-order valence-corrected chi connectivity index (χ1v) is 7.85. The number of rotatable bonds is 2. The van der Waals surface area contributed by atoms with Gasteiger partial charge in [0.25, 0.3) is 0 Å². The van der Waals surface area contributed by atoms with Crippen molar-refractivity contribution in [1.29, 1.82) is 0 Å². The molecule has 0 amide bonds. The van der Waals surface area contributed by atoms with Gasteiger partial charge in [-0.1, -0.05) is 44.5 Å². The van der Waals surface area contributed by atoms with E-state index in [1.165, 1.54) is 6.42 Å².